The molecule has 2 atom stereocenters. The Kier molecular flexibility index (Phi) is 6.28. The number of likely N-dealkylation sites (tertiary alicyclic amines) is 1. The van der Waals surface area contributed by atoms with Gasteiger partial charge in [-0.1, -0.05) is 30.3 Å². The van der Waals surface area contributed by atoms with Crippen LogP contribution in [0.25, 0.3) is 0 Å². The van der Waals surface area contributed by atoms with Crippen LogP contribution >= 0.6 is 0 Å². The molecule has 1 aromatic carbocycles. The Hall–Kier alpha value is -2.24. The number of nitrogens with one attached hydrogen (secondary N) is 1. The number of amides is 2. The molecule has 2 rings (SSSR count). The van der Waals surface area contributed by atoms with E-state index in [1.807, 2.05) is 51.1 Å². The summed E-state index contributed by atoms with van der Waals surface area (Å²) in [6.45, 7) is 6.69. The molecule has 138 valence electrons. The van der Waals surface area contributed by atoms with Crippen molar-refractivity contribution in [2.75, 3.05) is 13.1 Å². The molecule has 25 heavy (non-hydrogen) atoms. The molecule has 1 unspecified atom stereocenters. The van der Waals surface area contributed by atoms with Crippen molar-refractivity contribution in [1.82, 2.24) is 10.2 Å². The second-order valence-electron chi connectivity index (χ2n) is 7.57. The van der Waals surface area contributed by atoms with Crippen LogP contribution in [0.5, 0.6) is 0 Å². The van der Waals surface area contributed by atoms with Crippen molar-refractivity contribution in [3.63, 3.8) is 0 Å². The standard InChI is InChI=1S/C19H28N2O4/c1-19(2,3)25-18(24)21-11-7-10-15(13-21)16(20-17(22)23)12-14-8-5-4-6-9-14/h4-6,8-9,15-16,20H,7,10-13H2,1-3H3,(H,22,23)/t15-,16?/m0/s1. The van der Waals surface area contributed by atoms with Crippen molar-refractivity contribution in [2.24, 2.45) is 5.92 Å². The first-order chi connectivity index (χ1) is 11.7. The molecule has 1 heterocycles. The zero-order valence-corrected chi connectivity index (χ0v) is 15.2. The molecule has 1 saturated heterocycles. The normalized spacial score (nSPS) is 19.2. The van der Waals surface area contributed by atoms with Gasteiger partial charge in [0.25, 0.3) is 0 Å². The van der Waals surface area contributed by atoms with Gasteiger partial charge in [0, 0.05) is 19.1 Å². The molecule has 1 fully saturated rings. The Morgan fingerprint density at radius 1 is 1.32 bits per heavy atom. The lowest BCUT2D eigenvalue weighted by atomic mass is 9.87. The Morgan fingerprint density at radius 3 is 2.60 bits per heavy atom. The topological polar surface area (TPSA) is 78.9 Å². The van der Waals surface area contributed by atoms with Gasteiger partial charge in [0.15, 0.2) is 0 Å². The lowest BCUT2D eigenvalue weighted by molar-refractivity contribution is 0.0146. The van der Waals surface area contributed by atoms with Crippen LogP contribution in [0.4, 0.5) is 9.59 Å². The van der Waals surface area contributed by atoms with Crippen LogP contribution in [0.15, 0.2) is 30.3 Å². The monoisotopic (exact) mass is 348 g/mol. The molecule has 6 nitrogen and oxygen atoms in total. The van der Waals surface area contributed by atoms with E-state index in [4.69, 9.17) is 4.74 Å². The van der Waals surface area contributed by atoms with Crippen molar-refractivity contribution >= 4 is 12.2 Å². The molecule has 0 spiro atoms. The zero-order chi connectivity index (χ0) is 18.4. The van der Waals surface area contributed by atoms with Crippen molar-refractivity contribution in [1.29, 1.82) is 0 Å². The minimum Gasteiger partial charge on any atom is -0.465 e. The average Bonchev–Trinajstić information content (AvgIpc) is 2.53. The Bertz CT molecular complexity index is 583. The molecule has 1 aliphatic heterocycles. The third kappa shape index (κ3) is 6.29. The molecule has 0 aliphatic carbocycles. The van der Waals surface area contributed by atoms with Gasteiger partial charge < -0.3 is 20.1 Å². The van der Waals surface area contributed by atoms with Gasteiger partial charge in [-0.05, 0) is 51.5 Å². The molecular weight excluding hydrogens is 320 g/mol. The highest BCUT2D eigenvalue weighted by atomic mass is 16.6. The smallest absolute Gasteiger partial charge is 0.410 e. The minimum atomic E-state index is -1.03. The number of hydrogen-bond donors (Lipinski definition) is 2. The van der Waals surface area contributed by atoms with Gasteiger partial charge in [0.1, 0.15) is 5.60 Å². The fourth-order valence-corrected chi connectivity index (χ4v) is 3.19. The SMILES string of the molecule is CC(C)(C)OC(=O)N1CCC[C@H](C(Cc2ccccc2)NC(=O)O)C1. The van der Waals surface area contributed by atoms with E-state index in [0.29, 0.717) is 19.5 Å². The molecule has 1 aromatic rings. The number of carbonyl (C=O) groups is 2. The predicted octanol–water partition coefficient (Wildman–Crippen LogP) is 3.51. The number of piperidine rings is 1. The Labute approximate surface area is 149 Å². The number of rotatable bonds is 4. The van der Waals surface area contributed by atoms with Crippen LogP contribution in [-0.4, -0.2) is 46.9 Å². The highest BCUT2D eigenvalue weighted by molar-refractivity contribution is 5.68. The van der Waals surface area contributed by atoms with E-state index in [2.05, 4.69) is 5.32 Å². The third-order valence-electron chi connectivity index (χ3n) is 4.29. The Balaban J connectivity index is 2.05. The van der Waals surface area contributed by atoms with Crippen LogP contribution < -0.4 is 5.32 Å². The van der Waals surface area contributed by atoms with Gasteiger partial charge in [-0.15, -0.1) is 0 Å². The maximum atomic E-state index is 12.3. The molecule has 2 amide bonds. The van der Waals surface area contributed by atoms with Crippen LogP contribution in [-0.2, 0) is 11.2 Å². The zero-order valence-electron chi connectivity index (χ0n) is 15.2. The summed E-state index contributed by atoms with van der Waals surface area (Å²) in [5.41, 5.74) is 0.544. The lowest BCUT2D eigenvalue weighted by Crippen LogP contribution is -2.50. The number of ether oxygens (including phenoxy) is 1. The van der Waals surface area contributed by atoms with Crippen LogP contribution in [0.3, 0.4) is 0 Å². The quantitative estimate of drug-likeness (QED) is 0.873. The molecule has 6 heteroatoms. The first-order valence-electron chi connectivity index (χ1n) is 8.76. The Morgan fingerprint density at radius 2 is 2.00 bits per heavy atom. The van der Waals surface area contributed by atoms with Gasteiger partial charge in [0.2, 0.25) is 0 Å². The molecule has 0 aromatic heterocycles. The summed E-state index contributed by atoms with van der Waals surface area (Å²) < 4.78 is 5.45. The fourth-order valence-electron chi connectivity index (χ4n) is 3.19. The number of carboxylic acid groups (broad SMARTS) is 1. The largest absolute Gasteiger partial charge is 0.465 e. The van der Waals surface area contributed by atoms with E-state index >= 15 is 0 Å². The van der Waals surface area contributed by atoms with Gasteiger partial charge in [0.05, 0.1) is 0 Å². The average molecular weight is 348 g/mol. The first-order valence-corrected chi connectivity index (χ1v) is 8.76. The van der Waals surface area contributed by atoms with E-state index in [1.165, 1.54) is 0 Å². The molecule has 0 bridgehead atoms. The number of carbonyl (C=O) groups excluding carboxylic acids is 1. The molecule has 1 aliphatic rings. The highest BCUT2D eigenvalue weighted by Gasteiger charge is 2.32. The molecular formula is C19H28N2O4. The van der Waals surface area contributed by atoms with Crippen molar-refractivity contribution in [3.8, 4) is 0 Å². The summed E-state index contributed by atoms with van der Waals surface area (Å²) >= 11 is 0. The summed E-state index contributed by atoms with van der Waals surface area (Å²) in [4.78, 5) is 25.3. The third-order valence-corrected chi connectivity index (χ3v) is 4.29. The molecule has 0 saturated carbocycles. The lowest BCUT2D eigenvalue weighted by Gasteiger charge is -2.37. The summed E-state index contributed by atoms with van der Waals surface area (Å²) in [5, 5.41) is 11.8. The van der Waals surface area contributed by atoms with Crippen molar-refractivity contribution in [3.05, 3.63) is 35.9 Å². The second kappa shape index (κ2) is 8.23. The van der Waals surface area contributed by atoms with Crippen molar-refractivity contribution < 1.29 is 19.4 Å². The van der Waals surface area contributed by atoms with E-state index < -0.39 is 11.7 Å². The number of nitrogens with zero attached hydrogens (tertiary/aromatic N) is 1. The van der Waals surface area contributed by atoms with Crippen LogP contribution in [0, 0.1) is 5.92 Å². The number of benzene rings is 1. The molecule has 2 N–H and O–H groups in total. The van der Waals surface area contributed by atoms with Crippen LogP contribution in [0.2, 0.25) is 0 Å². The summed E-state index contributed by atoms with van der Waals surface area (Å²) in [6, 6.07) is 9.58. The van der Waals surface area contributed by atoms with Gasteiger partial charge >= 0.3 is 12.2 Å². The molecule has 0 radical (unpaired) electrons. The van der Waals surface area contributed by atoms with Gasteiger partial charge in [-0.25, -0.2) is 9.59 Å². The summed E-state index contributed by atoms with van der Waals surface area (Å²) in [7, 11) is 0. The highest BCUT2D eigenvalue weighted by Crippen LogP contribution is 2.24. The predicted molar refractivity (Wildman–Crippen MR) is 95.6 cm³/mol. The first kappa shape index (κ1) is 19.1. The summed E-state index contributed by atoms with van der Waals surface area (Å²) in [5.74, 6) is 0.0672. The van der Waals surface area contributed by atoms with Gasteiger partial charge in [-0.2, -0.15) is 0 Å². The maximum Gasteiger partial charge on any atom is 0.410 e. The minimum absolute atomic E-state index is 0.0672. The van der Waals surface area contributed by atoms with E-state index in [0.717, 1.165) is 18.4 Å². The van der Waals surface area contributed by atoms with E-state index in [9.17, 15) is 14.7 Å². The van der Waals surface area contributed by atoms with E-state index in [-0.39, 0.29) is 18.1 Å². The maximum absolute atomic E-state index is 12.3. The second-order valence-corrected chi connectivity index (χ2v) is 7.57. The van der Waals surface area contributed by atoms with E-state index in [1.54, 1.807) is 4.90 Å². The van der Waals surface area contributed by atoms with Crippen molar-refractivity contribution in [2.45, 2.75) is 51.7 Å². The van der Waals surface area contributed by atoms with Crippen LogP contribution in [0.1, 0.15) is 39.2 Å². The van der Waals surface area contributed by atoms with Gasteiger partial charge in [-0.3, -0.25) is 0 Å². The fraction of sp³-hybridized carbons (Fsp3) is 0.579. The summed E-state index contributed by atoms with van der Waals surface area (Å²) in [6.07, 6.45) is 0.981. The number of hydrogen-bond acceptors (Lipinski definition) is 3.